The molecule has 1 N–H and O–H groups in total. The highest BCUT2D eigenvalue weighted by molar-refractivity contribution is 9.10. The highest BCUT2D eigenvalue weighted by Crippen LogP contribution is 2.33. The van der Waals surface area contributed by atoms with Gasteiger partial charge in [-0.25, -0.2) is 0 Å². The van der Waals surface area contributed by atoms with E-state index in [-0.39, 0.29) is 0 Å². The number of aliphatic hydroxyl groups excluding tert-OH is 1. The Hall–Kier alpha value is -0.540. The number of hydrogen-bond donors (Lipinski definition) is 1. The summed E-state index contributed by atoms with van der Waals surface area (Å²) in [7, 11) is 0. The van der Waals surface area contributed by atoms with Gasteiger partial charge in [-0.3, -0.25) is 0 Å². The zero-order valence-electron chi connectivity index (χ0n) is 12.8. The molecule has 1 aromatic rings. The average molecular weight is 340 g/mol. The molecule has 0 amide bonds. The van der Waals surface area contributed by atoms with Gasteiger partial charge in [0.25, 0.3) is 0 Å². The van der Waals surface area contributed by atoms with Gasteiger partial charge in [0.1, 0.15) is 0 Å². The summed E-state index contributed by atoms with van der Waals surface area (Å²) in [4.78, 5) is 2.45. The number of hydrogen-bond acceptors (Lipinski definition) is 2. The largest absolute Gasteiger partial charge is 0.389 e. The second-order valence-electron chi connectivity index (χ2n) is 6.30. The molecule has 1 aromatic carbocycles. The van der Waals surface area contributed by atoms with Crippen LogP contribution in [0.5, 0.6) is 0 Å². The van der Waals surface area contributed by atoms with Gasteiger partial charge in [0.15, 0.2) is 0 Å². The van der Waals surface area contributed by atoms with Gasteiger partial charge in [-0.2, -0.15) is 0 Å². The quantitative estimate of drug-likeness (QED) is 0.857. The van der Waals surface area contributed by atoms with Crippen LogP contribution in [0.15, 0.2) is 22.7 Å². The third kappa shape index (κ3) is 3.76. The number of aliphatic hydroxyl groups is 1. The lowest BCUT2D eigenvalue weighted by atomic mass is 9.89. The molecule has 0 aliphatic carbocycles. The summed E-state index contributed by atoms with van der Waals surface area (Å²) >= 11 is 3.56. The van der Waals surface area contributed by atoms with E-state index in [0.29, 0.717) is 0 Å². The van der Waals surface area contributed by atoms with Crippen LogP contribution in [-0.4, -0.2) is 18.2 Å². The van der Waals surface area contributed by atoms with Crippen molar-refractivity contribution in [2.75, 3.05) is 18.0 Å². The van der Waals surface area contributed by atoms with E-state index >= 15 is 0 Å². The summed E-state index contributed by atoms with van der Waals surface area (Å²) in [5.41, 5.74) is 2.23. The van der Waals surface area contributed by atoms with Crippen molar-refractivity contribution in [2.24, 2.45) is 11.8 Å². The standard InChI is InChI=1S/C17H26BrNO/c1-12(2)14-5-4-9-19(10-8-14)17-11-15(18)6-7-16(17)13(3)20/h6-7,11-14,20H,4-5,8-10H2,1-3H3. The van der Waals surface area contributed by atoms with Gasteiger partial charge in [0.2, 0.25) is 0 Å². The fourth-order valence-corrected chi connectivity index (χ4v) is 3.52. The van der Waals surface area contributed by atoms with E-state index in [1.165, 1.54) is 24.9 Å². The molecule has 112 valence electrons. The number of halogens is 1. The lowest BCUT2D eigenvalue weighted by molar-refractivity contribution is 0.199. The van der Waals surface area contributed by atoms with Gasteiger partial charge in [-0.1, -0.05) is 35.8 Å². The van der Waals surface area contributed by atoms with Gasteiger partial charge in [0.05, 0.1) is 6.10 Å². The van der Waals surface area contributed by atoms with E-state index in [4.69, 9.17) is 0 Å². The molecule has 20 heavy (non-hydrogen) atoms. The Labute approximate surface area is 131 Å². The molecule has 0 bridgehead atoms. The van der Waals surface area contributed by atoms with E-state index in [9.17, 15) is 5.11 Å². The maximum atomic E-state index is 9.99. The summed E-state index contributed by atoms with van der Waals surface area (Å²) < 4.78 is 1.08. The molecule has 2 unspecified atom stereocenters. The van der Waals surface area contributed by atoms with Gasteiger partial charge >= 0.3 is 0 Å². The smallest absolute Gasteiger partial charge is 0.0782 e. The Balaban J connectivity index is 2.21. The number of nitrogens with zero attached hydrogens (tertiary/aromatic N) is 1. The van der Waals surface area contributed by atoms with Gasteiger partial charge in [-0.05, 0) is 50.2 Å². The van der Waals surface area contributed by atoms with Crippen LogP contribution in [0.25, 0.3) is 0 Å². The van der Waals surface area contributed by atoms with Crippen LogP contribution in [0.1, 0.15) is 51.7 Å². The lowest BCUT2D eigenvalue weighted by Crippen LogP contribution is -2.26. The number of anilines is 1. The van der Waals surface area contributed by atoms with E-state index in [1.54, 1.807) is 0 Å². The first-order chi connectivity index (χ1) is 9.49. The second kappa shape index (κ2) is 6.95. The van der Waals surface area contributed by atoms with Crippen molar-refractivity contribution in [3.63, 3.8) is 0 Å². The van der Waals surface area contributed by atoms with Crippen molar-refractivity contribution < 1.29 is 5.11 Å². The molecule has 1 fully saturated rings. The van der Waals surface area contributed by atoms with Crippen LogP contribution >= 0.6 is 15.9 Å². The molecule has 2 rings (SSSR count). The normalized spacial score (nSPS) is 21.9. The number of benzene rings is 1. The van der Waals surface area contributed by atoms with Gasteiger partial charge in [-0.15, -0.1) is 0 Å². The molecule has 0 aromatic heterocycles. The summed E-state index contributed by atoms with van der Waals surface area (Å²) in [6.45, 7) is 8.71. The van der Waals surface area contributed by atoms with Crippen LogP contribution in [0.2, 0.25) is 0 Å². The first-order valence-corrected chi connectivity index (χ1v) is 8.50. The van der Waals surface area contributed by atoms with E-state index in [0.717, 1.165) is 35.0 Å². The zero-order chi connectivity index (χ0) is 14.7. The van der Waals surface area contributed by atoms with Crippen molar-refractivity contribution in [3.8, 4) is 0 Å². The molecule has 3 heteroatoms. The van der Waals surface area contributed by atoms with Crippen LogP contribution in [-0.2, 0) is 0 Å². The maximum absolute atomic E-state index is 9.99. The second-order valence-corrected chi connectivity index (χ2v) is 7.22. The minimum absolute atomic E-state index is 0.415. The van der Waals surface area contributed by atoms with Crippen molar-refractivity contribution in [3.05, 3.63) is 28.2 Å². The van der Waals surface area contributed by atoms with Gasteiger partial charge < -0.3 is 10.0 Å². The average Bonchev–Trinajstić information content (AvgIpc) is 2.63. The molecule has 0 radical (unpaired) electrons. The minimum atomic E-state index is -0.415. The molecule has 1 aliphatic rings. The third-order valence-corrected chi connectivity index (χ3v) is 4.99. The number of rotatable bonds is 3. The zero-order valence-corrected chi connectivity index (χ0v) is 14.4. The fourth-order valence-electron chi connectivity index (χ4n) is 3.17. The predicted octanol–water partition coefficient (Wildman–Crippen LogP) is 4.76. The fraction of sp³-hybridized carbons (Fsp3) is 0.647. The SMILES string of the molecule is CC(O)c1ccc(Br)cc1N1CCCC(C(C)C)CC1. The summed E-state index contributed by atoms with van der Waals surface area (Å²) in [5, 5.41) is 9.99. The van der Waals surface area contributed by atoms with E-state index in [2.05, 4.69) is 40.7 Å². The maximum Gasteiger partial charge on any atom is 0.0782 e. The Kier molecular flexibility index (Phi) is 5.50. The van der Waals surface area contributed by atoms with Crippen molar-refractivity contribution in [2.45, 2.75) is 46.1 Å². The molecule has 2 nitrogen and oxygen atoms in total. The summed E-state index contributed by atoms with van der Waals surface area (Å²) in [6, 6.07) is 6.20. The van der Waals surface area contributed by atoms with Crippen LogP contribution in [0.4, 0.5) is 5.69 Å². The molecular formula is C17H26BrNO. The topological polar surface area (TPSA) is 23.5 Å². The van der Waals surface area contributed by atoms with Crippen molar-refractivity contribution in [1.29, 1.82) is 0 Å². The highest BCUT2D eigenvalue weighted by Gasteiger charge is 2.22. The monoisotopic (exact) mass is 339 g/mol. The lowest BCUT2D eigenvalue weighted by Gasteiger charge is -2.27. The van der Waals surface area contributed by atoms with Crippen molar-refractivity contribution in [1.82, 2.24) is 0 Å². The molecule has 1 saturated heterocycles. The Bertz CT molecular complexity index is 445. The Morgan fingerprint density at radius 1 is 1.20 bits per heavy atom. The predicted molar refractivity (Wildman–Crippen MR) is 89.2 cm³/mol. The van der Waals surface area contributed by atoms with Gasteiger partial charge in [0, 0.05) is 28.8 Å². The third-order valence-electron chi connectivity index (χ3n) is 4.50. The van der Waals surface area contributed by atoms with E-state index in [1.807, 2.05) is 19.1 Å². The van der Waals surface area contributed by atoms with Crippen molar-refractivity contribution >= 4 is 21.6 Å². The Morgan fingerprint density at radius 3 is 2.60 bits per heavy atom. The molecule has 1 heterocycles. The molecule has 0 spiro atoms. The first-order valence-electron chi connectivity index (χ1n) is 7.71. The van der Waals surface area contributed by atoms with Crippen LogP contribution in [0.3, 0.4) is 0 Å². The summed E-state index contributed by atoms with van der Waals surface area (Å²) in [5.74, 6) is 1.61. The first kappa shape index (κ1) is 15.8. The highest BCUT2D eigenvalue weighted by atomic mass is 79.9. The van der Waals surface area contributed by atoms with E-state index < -0.39 is 6.10 Å². The Morgan fingerprint density at radius 2 is 1.95 bits per heavy atom. The molecule has 2 atom stereocenters. The summed E-state index contributed by atoms with van der Waals surface area (Å²) in [6.07, 6.45) is 3.41. The minimum Gasteiger partial charge on any atom is -0.389 e. The van der Waals surface area contributed by atoms with Crippen LogP contribution < -0.4 is 4.90 Å². The molecule has 1 aliphatic heterocycles. The molecule has 0 saturated carbocycles. The molecular weight excluding hydrogens is 314 g/mol. The van der Waals surface area contributed by atoms with Crippen LogP contribution in [0, 0.1) is 11.8 Å².